The van der Waals surface area contributed by atoms with E-state index in [0.29, 0.717) is 27.3 Å². The van der Waals surface area contributed by atoms with Gasteiger partial charge in [-0.1, -0.05) is 36.9 Å². The van der Waals surface area contributed by atoms with Gasteiger partial charge in [-0.15, -0.1) is 0 Å². The van der Waals surface area contributed by atoms with Gasteiger partial charge in [0.15, 0.2) is 5.16 Å². The maximum Gasteiger partial charge on any atom is 0.262 e. The maximum atomic E-state index is 13.7. The number of para-hydroxylation sites is 1. The molecule has 0 bridgehead atoms. The van der Waals surface area contributed by atoms with Crippen molar-refractivity contribution in [2.24, 2.45) is 0 Å². The molecular weight excluding hydrogens is 389 g/mol. The zero-order valence-corrected chi connectivity index (χ0v) is 17.7. The number of hydrogen-bond donors (Lipinski definition) is 1. The van der Waals surface area contributed by atoms with Crippen LogP contribution in [0, 0.1) is 12.7 Å². The number of hydrogen-bond acceptors (Lipinski definition) is 4. The van der Waals surface area contributed by atoms with E-state index < -0.39 is 5.25 Å². The molecule has 2 atom stereocenters. The van der Waals surface area contributed by atoms with Crippen molar-refractivity contribution >= 4 is 34.3 Å². The number of aryl methyl sites for hydroxylation is 1. The highest BCUT2D eigenvalue weighted by Gasteiger charge is 2.21. The van der Waals surface area contributed by atoms with Crippen molar-refractivity contribution in [3.8, 4) is 0 Å². The summed E-state index contributed by atoms with van der Waals surface area (Å²) >= 11 is 1.22. The number of halogens is 1. The van der Waals surface area contributed by atoms with Gasteiger partial charge in [-0.2, -0.15) is 0 Å². The first-order valence-corrected chi connectivity index (χ1v) is 10.4. The summed E-state index contributed by atoms with van der Waals surface area (Å²) in [5, 5.41) is 3.26. The number of aromatic nitrogens is 2. The van der Waals surface area contributed by atoms with Crippen LogP contribution in [-0.4, -0.2) is 20.7 Å². The van der Waals surface area contributed by atoms with Crippen LogP contribution >= 0.6 is 11.8 Å². The zero-order chi connectivity index (χ0) is 21.1. The summed E-state index contributed by atoms with van der Waals surface area (Å²) in [5.74, 6) is -0.652. The molecule has 1 amide bonds. The van der Waals surface area contributed by atoms with Crippen LogP contribution in [-0.2, 0) is 4.79 Å². The van der Waals surface area contributed by atoms with Crippen molar-refractivity contribution in [3.05, 3.63) is 64.2 Å². The van der Waals surface area contributed by atoms with E-state index >= 15 is 0 Å². The Morgan fingerprint density at radius 2 is 1.97 bits per heavy atom. The molecule has 0 radical (unpaired) electrons. The third kappa shape index (κ3) is 4.50. The number of thioether (sulfide) groups is 1. The summed E-state index contributed by atoms with van der Waals surface area (Å²) in [6, 6.07) is 11.7. The Labute approximate surface area is 173 Å². The quantitative estimate of drug-likeness (QED) is 0.459. The minimum atomic E-state index is -0.525. The van der Waals surface area contributed by atoms with Crippen LogP contribution in [0.5, 0.6) is 0 Å². The molecule has 0 aliphatic heterocycles. The van der Waals surface area contributed by atoms with Gasteiger partial charge >= 0.3 is 0 Å². The molecule has 2 aromatic carbocycles. The zero-order valence-electron chi connectivity index (χ0n) is 16.9. The highest BCUT2D eigenvalue weighted by molar-refractivity contribution is 8.00. The van der Waals surface area contributed by atoms with Gasteiger partial charge in [0, 0.05) is 11.7 Å². The normalized spacial score (nSPS) is 13.3. The van der Waals surface area contributed by atoms with Crippen molar-refractivity contribution in [1.29, 1.82) is 0 Å². The Bertz CT molecular complexity index is 1110. The summed E-state index contributed by atoms with van der Waals surface area (Å²) in [4.78, 5) is 30.3. The molecule has 0 saturated carbocycles. The van der Waals surface area contributed by atoms with Crippen LogP contribution in [0.4, 0.5) is 10.1 Å². The molecule has 5 nitrogen and oxygen atoms in total. The van der Waals surface area contributed by atoms with Crippen LogP contribution in [0.2, 0.25) is 0 Å². The fraction of sp³-hybridized carbons (Fsp3) is 0.318. The molecule has 1 aromatic heterocycles. The van der Waals surface area contributed by atoms with Crippen LogP contribution < -0.4 is 10.9 Å². The second-order valence-electron chi connectivity index (χ2n) is 7.06. The Morgan fingerprint density at radius 1 is 1.24 bits per heavy atom. The third-order valence-electron chi connectivity index (χ3n) is 4.90. The summed E-state index contributed by atoms with van der Waals surface area (Å²) in [7, 11) is 0. The van der Waals surface area contributed by atoms with Gasteiger partial charge in [-0.25, -0.2) is 9.37 Å². The Kier molecular flexibility index (Phi) is 6.37. The predicted molar refractivity (Wildman–Crippen MR) is 116 cm³/mol. The van der Waals surface area contributed by atoms with E-state index in [4.69, 9.17) is 0 Å². The Hall–Kier alpha value is -2.67. The van der Waals surface area contributed by atoms with E-state index in [0.717, 1.165) is 6.42 Å². The molecule has 1 heterocycles. The lowest BCUT2D eigenvalue weighted by molar-refractivity contribution is -0.115. The number of nitrogens with one attached hydrogen (secondary N) is 1. The number of amides is 1. The van der Waals surface area contributed by atoms with Crippen LogP contribution in [0.3, 0.4) is 0 Å². The molecule has 0 spiro atoms. The van der Waals surface area contributed by atoms with Crippen molar-refractivity contribution in [3.63, 3.8) is 0 Å². The molecule has 0 unspecified atom stereocenters. The monoisotopic (exact) mass is 413 g/mol. The summed E-state index contributed by atoms with van der Waals surface area (Å²) < 4.78 is 15.4. The second kappa shape index (κ2) is 8.78. The summed E-state index contributed by atoms with van der Waals surface area (Å²) in [5.41, 5.74) is 1.41. The molecule has 152 valence electrons. The molecule has 1 N–H and O–H groups in total. The van der Waals surface area contributed by atoms with E-state index in [1.807, 2.05) is 26.0 Å². The molecule has 3 rings (SSSR count). The average molecular weight is 414 g/mol. The molecule has 0 aliphatic rings. The second-order valence-corrected chi connectivity index (χ2v) is 8.37. The largest absolute Gasteiger partial charge is 0.325 e. The van der Waals surface area contributed by atoms with Gasteiger partial charge in [0.2, 0.25) is 5.91 Å². The molecule has 0 aliphatic carbocycles. The van der Waals surface area contributed by atoms with Crippen LogP contribution in [0.1, 0.15) is 38.8 Å². The number of rotatable bonds is 6. The van der Waals surface area contributed by atoms with E-state index in [9.17, 15) is 14.0 Å². The summed E-state index contributed by atoms with van der Waals surface area (Å²) in [6.07, 6.45) is 0.761. The standard InChI is InChI=1S/C22H24FN3O2S/c1-5-14(3)26-21(28)17-8-6-7-9-19(17)25-22(26)29-15(4)20(27)24-16-11-10-13(2)18(23)12-16/h6-12,14-15H,5H2,1-4H3,(H,24,27)/t14-,15+/m0/s1. The number of carbonyl (C=O) groups is 1. The van der Waals surface area contributed by atoms with E-state index in [1.165, 1.54) is 17.8 Å². The molecule has 7 heteroatoms. The van der Waals surface area contributed by atoms with Gasteiger partial charge in [-0.3, -0.25) is 14.2 Å². The predicted octanol–water partition coefficient (Wildman–Crippen LogP) is 4.93. The van der Waals surface area contributed by atoms with Gasteiger partial charge in [0.1, 0.15) is 5.82 Å². The van der Waals surface area contributed by atoms with Gasteiger partial charge < -0.3 is 5.32 Å². The van der Waals surface area contributed by atoms with Gasteiger partial charge in [0.05, 0.1) is 16.2 Å². The number of carbonyl (C=O) groups excluding carboxylic acids is 1. The third-order valence-corrected chi connectivity index (χ3v) is 5.96. The first-order valence-electron chi connectivity index (χ1n) is 9.56. The topological polar surface area (TPSA) is 64.0 Å². The minimum Gasteiger partial charge on any atom is -0.325 e. The number of nitrogens with zero attached hydrogens (tertiary/aromatic N) is 2. The van der Waals surface area contributed by atoms with Crippen LogP contribution in [0.25, 0.3) is 10.9 Å². The van der Waals surface area contributed by atoms with Gasteiger partial charge in [-0.05, 0) is 57.0 Å². The van der Waals surface area contributed by atoms with Crippen molar-refractivity contribution in [2.75, 3.05) is 5.32 Å². The first kappa shape index (κ1) is 21.0. The lowest BCUT2D eigenvalue weighted by Gasteiger charge is -2.20. The Balaban J connectivity index is 1.90. The van der Waals surface area contributed by atoms with E-state index in [-0.39, 0.29) is 23.3 Å². The maximum absolute atomic E-state index is 13.7. The van der Waals surface area contributed by atoms with Crippen molar-refractivity contribution in [1.82, 2.24) is 9.55 Å². The molecule has 0 fully saturated rings. The summed E-state index contributed by atoms with van der Waals surface area (Å²) in [6.45, 7) is 7.37. The minimum absolute atomic E-state index is 0.0523. The molecule has 29 heavy (non-hydrogen) atoms. The smallest absolute Gasteiger partial charge is 0.262 e. The van der Waals surface area contributed by atoms with Crippen molar-refractivity contribution in [2.45, 2.75) is 50.6 Å². The Morgan fingerprint density at radius 3 is 2.66 bits per heavy atom. The van der Waals surface area contributed by atoms with Gasteiger partial charge in [0.25, 0.3) is 5.56 Å². The number of fused-ring (bicyclic) bond motifs is 1. The number of anilines is 1. The molecular formula is C22H24FN3O2S. The fourth-order valence-corrected chi connectivity index (χ4v) is 3.92. The SMILES string of the molecule is CC[C@H](C)n1c(S[C@H](C)C(=O)Nc2ccc(C)c(F)c2)nc2ccccc2c1=O. The highest BCUT2D eigenvalue weighted by atomic mass is 32.2. The van der Waals surface area contributed by atoms with Crippen LogP contribution in [0.15, 0.2) is 52.4 Å². The highest BCUT2D eigenvalue weighted by Crippen LogP contribution is 2.26. The average Bonchev–Trinajstić information content (AvgIpc) is 2.70. The van der Waals surface area contributed by atoms with E-state index in [2.05, 4.69) is 10.3 Å². The lowest BCUT2D eigenvalue weighted by Crippen LogP contribution is -2.28. The lowest BCUT2D eigenvalue weighted by atomic mass is 10.2. The molecule has 0 saturated heterocycles. The molecule has 3 aromatic rings. The van der Waals surface area contributed by atoms with E-state index in [1.54, 1.807) is 42.7 Å². The number of benzene rings is 2. The fourth-order valence-electron chi connectivity index (χ4n) is 2.91. The first-order chi connectivity index (χ1) is 13.8. The van der Waals surface area contributed by atoms with Crippen molar-refractivity contribution < 1.29 is 9.18 Å².